The van der Waals surface area contributed by atoms with E-state index in [4.69, 9.17) is 9.72 Å². The number of aryl methyl sites for hydroxylation is 2. The number of benzene rings is 2. The van der Waals surface area contributed by atoms with Crippen molar-refractivity contribution in [2.75, 3.05) is 6.61 Å². The van der Waals surface area contributed by atoms with Crippen molar-refractivity contribution in [1.82, 2.24) is 9.55 Å². The predicted molar refractivity (Wildman–Crippen MR) is 108 cm³/mol. The zero-order chi connectivity index (χ0) is 19.8. The molecule has 1 fully saturated rings. The molecule has 0 bridgehead atoms. The number of aliphatic hydroxyl groups excluding tert-OH is 3. The number of hydrogen-bond acceptors (Lipinski definition) is 6. The van der Waals surface area contributed by atoms with Crippen LogP contribution in [-0.4, -0.2) is 49.8 Å². The maximum absolute atomic E-state index is 10.6. The fraction of sp³-hybridized carbons (Fsp3) is 0.381. The molecule has 2 heterocycles. The number of rotatable bonds is 5. The van der Waals surface area contributed by atoms with Gasteiger partial charge in [-0.25, -0.2) is 4.98 Å². The molecule has 0 saturated carbocycles. The number of fused-ring (bicyclic) bond motifs is 1. The van der Waals surface area contributed by atoms with Crippen molar-refractivity contribution in [2.45, 2.75) is 49.3 Å². The number of imidazole rings is 1. The van der Waals surface area contributed by atoms with Gasteiger partial charge in [-0.1, -0.05) is 42.1 Å². The summed E-state index contributed by atoms with van der Waals surface area (Å²) in [4.78, 5) is 4.78. The van der Waals surface area contributed by atoms with Crippen molar-refractivity contribution in [3.63, 3.8) is 0 Å². The molecule has 2 aromatic carbocycles. The number of thioether (sulfide) groups is 1. The van der Waals surface area contributed by atoms with E-state index in [1.165, 1.54) is 5.56 Å². The van der Waals surface area contributed by atoms with Crippen LogP contribution in [0.25, 0.3) is 11.0 Å². The fourth-order valence-corrected chi connectivity index (χ4v) is 4.48. The molecule has 0 spiro atoms. The summed E-state index contributed by atoms with van der Waals surface area (Å²) in [7, 11) is 0. The third-order valence-electron chi connectivity index (χ3n) is 5.25. The van der Waals surface area contributed by atoms with Crippen LogP contribution in [0.4, 0.5) is 0 Å². The van der Waals surface area contributed by atoms with Gasteiger partial charge in [0.05, 0.1) is 17.6 Å². The molecule has 4 atom stereocenters. The van der Waals surface area contributed by atoms with Crippen molar-refractivity contribution in [1.29, 1.82) is 0 Å². The molecule has 0 amide bonds. The Hall–Kier alpha value is -1.90. The van der Waals surface area contributed by atoms with E-state index in [9.17, 15) is 15.3 Å². The summed E-state index contributed by atoms with van der Waals surface area (Å²) in [5.41, 5.74) is 5.07. The van der Waals surface area contributed by atoms with Crippen molar-refractivity contribution in [3.8, 4) is 0 Å². The van der Waals surface area contributed by atoms with Gasteiger partial charge < -0.3 is 20.1 Å². The highest BCUT2D eigenvalue weighted by Crippen LogP contribution is 2.37. The van der Waals surface area contributed by atoms with Crippen LogP contribution >= 0.6 is 11.8 Å². The maximum atomic E-state index is 10.6. The summed E-state index contributed by atoms with van der Waals surface area (Å²) in [6, 6.07) is 14.1. The summed E-state index contributed by atoms with van der Waals surface area (Å²) >= 11 is 1.55. The quantitative estimate of drug-likeness (QED) is 0.571. The average molecular weight is 401 g/mol. The fourth-order valence-electron chi connectivity index (χ4n) is 3.49. The molecular formula is C21H24N2O4S. The van der Waals surface area contributed by atoms with Crippen LogP contribution in [0.5, 0.6) is 0 Å². The number of ether oxygens (including phenoxy) is 1. The van der Waals surface area contributed by atoms with Crippen LogP contribution in [0.3, 0.4) is 0 Å². The molecule has 7 heteroatoms. The van der Waals surface area contributed by atoms with Crippen LogP contribution in [0.2, 0.25) is 0 Å². The SMILES string of the molecule is Cc1cc2nc(SCc3ccccc3)n([C@@H]3O[C@@H](CO)[C@@H](O)[C@H]3O)c2cc1C. The standard InChI is InChI=1S/C21H24N2O4S/c1-12-8-15-16(9-13(12)2)23(20-19(26)18(25)17(10-24)27-20)21(22-15)28-11-14-6-4-3-5-7-14/h3-9,17-20,24-26H,10-11H2,1-2H3/t17-,18+,19+,20+/m0/s1. The van der Waals surface area contributed by atoms with E-state index in [1.807, 2.05) is 48.7 Å². The lowest BCUT2D eigenvalue weighted by Crippen LogP contribution is -2.33. The summed E-state index contributed by atoms with van der Waals surface area (Å²) in [5.74, 6) is 0.719. The van der Waals surface area contributed by atoms with Crippen molar-refractivity contribution in [3.05, 3.63) is 59.2 Å². The second kappa shape index (κ2) is 7.85. The molecule has 3 aromatic rings. The van der Waals surface area contributed by atoms with Gasteiger partial charge in [0.25, 0.3) is 0 Å². The normalized spacial score (nSPS) is 24.9. The molecule has 1 saturated heterocycles. The Kier molecular flexibility index (Phi) is 5.44. The topological polar surface area (TPSA) is 87.7 Å². The highest BCUT2D eigenvalue weighted by Gasteiger charge is 2.44. The molecule has 1 aromatic heterocycles. The first-order chi connectivity index (χ1) is 13.5. The molecule has 28 heavy (non-hydrogen) atoms. The Labute approximate surface area is 167 Å². The van der Waals surface area contributed by atoms with Gasteiger partial charge in [0, 0.05) is 5.75 Å². The van der Waals surface area contributed by atoms with Gasteiger partial charge in [-0.05, 0) is 42.7 Å². The first kappa shape index (κ1) is 19.4. The second-order valence-corrected chi connectivity index (χ2v) is 8.14. The molecule has 148 valence electrons. The third kappa shape index (κ3) is 3.44. The van der Waals surface area contributed by atoms with E-state index in [-0.39, 0.29) is 6.61 Å². The van der Waals surface area contributed by atoms with Gasteiger partial charge >= 0.3 is 0 Å². The van der Waals surface area contributed by atoms with E-state index in [0.717, 1.165) is 27.9 Å². The van der Waals surface area contributed by atoms with E-state index in [1.54, 1.807) is 11.8 Å². The lowest BCUT2D eigenvalue weighted by molar-refractivity contribution is -0.0546. The molecule has 0 radical (unpaired) electrons. The minimum absolute atomic E-state index is 0.355. The molecule has 1 aliphatic heterocycles. The minimum Gasteiger partial charge on any atom is -0.394 e. The Bertz CT molecular complexity index is 975. The number of aliphatic hydroxyl groups is 3. The lowest BCUT2D eigenvalue weighted by Gasteiger charge is -2.20. The van der Waals surface area contributed by atoms with Crippen LogP contribution in [-0.2, 0) is 10.5 Å². The first-order valence-corrected chi connectivity index (χ1v) is 10.3. The Morgan fingerprint density at radius 3 is 2.46 bits per heavy atom. The zero-order valence-corrected chi connectivity index (χ0v) is 16.6. The molecule has 4 rings (SSSR count). The molecule has 3 N–H and O–H groups in total. The maximum Gasteiger partial charge on any atom is 0.171 e. The number of aromatic nitrogens is 2. The molecule has 0 unspecified atom stereocenters. The summed E-state index contributed by atoms with van der Waals surface area (Å²) in [5, 5.41) is 31.0. The monoisotopic (exact) mass is 400 g/mol. The minimum atomic E-state index is -1.15. The zero-order valence-electron chi connectivity index (χ0n) is 15.8. The Morgan fingerprint density at radius 2 is 1.79 bits per heavy atom. The number of hydrogen-bond donors (Lipinski definition) is 3. The first-order valence-electron chi connectivity index (χ1n) is 9.28. The lowest BCUT2D eigenvalue weighted by atomic mass is 10.1. The van der Waals surface area contributed by atoms with Crippen LogP contribution in [0, 0.1) is 13.8 Å². The summed E-state index contributed by atoms with van der Waals surface area (Å²) in [6.45, 7) is 3.71. The van der Waals surface area contributed by atoms with Gasteiger partial charge in [0.1, 0.15) is 18.3 Å². The largest absolute Gasteiger partial charge is 0.394 e. The van der Waals surface area contributed by atoms with Crippen molar-refractivity contribution < 1.29 is 20.1 Å². The van der Waals surface area contributed by atoms with Gasteiger partial charge in [-0.3, -0.25) is 4.57 Å². The summed E-state index contributed by atoms with van der Waals surface area (Å²) < 4.78 is 7.66. The smallest absolute Gasteiger partial charge is 0.171 e. The molecular weight excluding hydrogens is 376 g/mol. The molecule has 1 aliphatic rings. The van der Waals surface area contributed by atoms with Crippen LogP contribution < -0.4 is 0 Å². The predicted octanol–water partition coefficient (Wildman–Crippen LogP) is 2.56. The van der Waals surface area contributed by atoms with Crippen molar-refractivity contribution in [2.24, 2.45) is 0 Å². The van der Waals surface area contributed by atoms with Gasteiger partial charge in [0.15, 0.2) is 11.4 Å². The third-order valence-corrected chi connectivity index (χ3v) is 6.28. The van der Waals surface area contributed by atoms with E-state index < -0.39 is 24.5 Å². The van der Waals surface area contributed by atoms with Gasteiger partial charge in [-0.15, -0.1) is 0 Å². The van der Waals surface area contributed by atoms with E-state index in [0.29, 0.717) is 5.16 Å². The Morgan fingerprint density at radius 1 is 1.07 bits per heavy atom. The highest BCUT2D eigenvalue weighted by atomic mass is 32.2. The van der Waals surface area contributed by atoms with E-state index >= 15 is 0 Å². The van der Waals surface area contributed by atoms with E-state index in [2.05, 4.69) is 12.1 Å². The van der Waals surface area contributed by atoms with Crippen molar-refractivity contribution >= 4 is 22.8 Å². The second-order valence-electron chi connectivity index (χ2n) is 7.19. The molecule has 6 nitrogen and oxygen atoms in total. The van der Waals surface area contributed by atoms with Gasteiger partial charge in [-0.2, -0.15) is 0 Å². The summed E-state index contributed by atoms with van der Waals surface area (Å²) in [6.07, 6.45) is -3.92. The van der Waals surface area contributed by atoms with Crippen LogP contribution in [0.1, 0.15) is 22.9 Å². The van der Waals surface area contributed by atoms with Crippen LogP contribution in [0.15, 0.2) is 47.6 Å². The Balaban J connectivity index is 1.76. The highest BCUT2D eigenvalue weighted by molar-refractivity contribution is 7.98. The average Bonchev–Trinajstić information content (AvgIpc) is 3.18. The number of nitrogens with zero attached hydrogens (tertiary/aromatic N) is 2. The molecule has 0 aliphatic carbocycles. The van der Waals surface area contributed by atoms with Gasteiger partial charge in [0.2, 0.25) is 0 Å².